The number of aliphatic carboxylic acids is 1. The number of carboxylic acid groups (broad SMARTS) is 1. The van der Waals surface area contributed by atoms with E-state index in [1.807, 2.05) is 12.1 Å². The number of aromatic nitrogens is 2. The molecule has 8 heteroatoms. The number of sulfonamides is 1. The van der Waals surface area contributed by atoms with Crippen molar-refractivity contribution in [1.29, 1.82) is 0 Å². The summed E-state index contributed by atoms with van der Waals surface area (Å²) < 4.78 is 28.4. The van der Waals surface area contributed by atoms with Crippen molar-refractivity contribution < 1.29 is 18.3 Å². The lowest BCUT2D eigenvalue weighted by atomic mass is 9.94. The Bertz CT molecular complexity index is 873. The highest BCUT2D eigenvalue weighted by Crippen LogP contribution is 2.34. The predicted molar refractivity (Wildman–Crippen MR) is 82.4 cm³/mol. The third kappa shape index (κ3) is 2.43. The first kappa shape index (κ1) is 15.7. The van der Waals surface area contributed by atoms with Crippen molar-refractivity contribution in [2.75, 3.05) is 6.54 Å². The number of carbonyl (C=O) groups is 1. The minimum absolute atomic E-state index is 0.0469. The summed E-state index contributed by atoms with van der Waals surface area (Å²) in [6.45, 7) is 1.78. The highest BCUT2D eigenvalue weighted by atomic mass is 32.2. The maximum atomic E-state index is 13.0. The van der Waals surface area contributed by atoms with Crippen LogP contribution in [0.5, 0.6) is 0 Å². The van der Waals surface area contributed by atoms with E-state index in [1.54, 1.807) is 26.1 Å². The molecule has 1 aromatic carbocycles. The third-order valence-corrected chi connectivity index (χ3v) is 6.22. The second-order valence-corrected chi connectivity index (χ2v) is 7.38. The average molecular weight is 335 g/mol. The minimum atomic E-state index is -3.94. The molecule has 0 radical (unpaired) electrons. The molecule has 1 N–H and O–H groups in total. The number of benzene rings is 1. The molecule has 1 atom stereocenters. The van der Waals surface area contributed by atoms with E-state index in [4.69, 9.17) is 0 Å². The molecule has 3 rings (SSSR count). The zero-order valence-corrected chi connectivity index (χ0v) is 13.6. The molecule has 23 heavy (non-hydrogen) atoms. The zero-order chi connectivity index (χ0) is 16.8. The van der Waals surface area contributed by atoms with E-state index < -0.39 is 22.0 Å². The molecule has 1 aromatic heterocycles. The monoisotopic (exact) mass is 335 g/mol. The van der Waals surface area contributed by atoms with Gasteiger partial charge >= 0.3 is 5.97 Å². The molecular formula is C15H17N3O4S. The first-order chi connectivity index (χ1) is 10.8. The number of rotatable bonds is 3. The lowest BCUT2D eigenvalue weighted by molar-refractivity contribution is -0.142. The molecule has 0 spiro atoms. The number of hydrogen-bond donors (Lipinski definition) is 1. The van der Waals surface area contributed by atoms with Crippen LogP contribution in [0, 0.1) is 6.92 Å². The number of aryl methyl sites for hydroxylation is 1. The Labute approximate surface area is 134 Å². The van der Waals surface area contributed by atoms with Gasteiger partial charge in [0.2, 0.25) is 10.0 Å². The average Bonchev–Trinajstić information content (AvgIpc) is 2.86. The number of fused-ring (bicyclic) bond motifs is 1. The van der Waals surface area contributed by atoms with E-state index in [0.29, 0.717) is 17.7 Å². The van der Waals surface area contributed by atoms with Gasteiger partial charge < -0.3 is 5.11 Å². The standard InChI is InChI=1S/C15H17N3O4S/c1-10-13(9-16-17(10)2)23(21,22)18-8-7-11-5-3-4-6-12(11)14(18)15(19)20/h3-6,9,14H,7-8H2,1-2H3,(H,19,20). The SMILES string of the molecule is Cc1c(S(=O)(=O)N2CCc3ccccc3C2C(=O)O)cnn1C. The van der Waals surface area contributed by atoms with Crippen LogP contribution in [-0.2, 0) is 28.3 Å². The summed E-state index contributed by atoms with van der Waals surface area (Å²) in [6, 6.07) is 5.84. The molecule has 122 valence electrons. The topological polar surface area (TPSA) is 92.5 Å². The van der Waals surface area contributed by atoms with Gasteiger partial charge in [0.15, 0.2) is 0 Å². The predicted octanol–water partition coefficient (Wildman–Crippen LogP) is 1.10. The molecule has 2 heterocycles. The van der Waals surface area contributed by atoms with Gasteiger partial charge in [0.25, 0.3) is 0 Å². The van der Waals surface area contributed by atoms with Crippen LogP contribution < -0.4 is 0 Å². The summed E-state index contributed by atoms with van der Waals surface area (Å²) in [6.07, 6.45) is 1.75. The largest absolute Gasteiger partial charge is 0.480 e. The number of hydrogen-bond acceptors (Lipinski definition) is 4. The van der Waals surface area contributed by atoms with E-state index in [0.717, 1.165) is 9.87 Å². The van der Waals surface area contributed by atoms with Crippen molar-refractivity contribution in [2.24, 2.45) is 7.05 Å². The number of carboxylic acids is 1. The van der Waals surface area contributed by atoms with Gasteiger partial charge in [0, 0.05) is 13.6 Å². The van der Waals surface area contributed by atoms with Gasteiger partial charge in [-0.25, -0.2) is 8.42 Å². The normalized spacial score (nSPS) is 18.6. The Morgan fingerprint density at radius 1 is 1.35 bits per heavy atom. The fourth-order valence-corrected chi connectivity index (χ4v) is 4.67. The Kier molecular flexibility index (Phi) is 3.73. The summed E-state index contributed by atoms with van der Waals surface area (Å²) in [5.41, 5.74) is 1.87. The Morgan fingerprint density at radius 2 is 2.04 bits per heavy atom. The van der Waals surface area contributed by atoms with Crippen LogP contribution in [-0.4, -0.2) is 40.1 Å². The molecule has 1 aliphatic rings. The van der Waals surface area contributed by atoms with Gasteiger partial charge in [-0.1, -0.05) is 24.3 Å². The van der Waals surface area contributed by atoms with Crippen LogP contribution in [0.15, 0.2) is 35.4 Å². The van der Waals surface area contributed by atoms with Crippen molar-refractivity contribution >= 4 is 16.0 Å². The molecule has 2 aromatic rings. The molecule has 0 fully saturated rings. The maximum absolute atomic E-state index is 13.0. The van der Waals surface area contributed by atoms with Crippen LogP contribution in [0.25, 0.3) is 0 Å². The molecule has 0 saturated carbocycles. The van der Waals surface area contributed by atoms with Crippen LogP contribution in [0.2, 0.25) is 0 Å². The van der Waals surface area contributed by atoms with Crippen molar-refractivity contribution in [3.8, 4) is 0 Å². The van der Waals surface area contributed by atoms with Gasteiger partial charge in [-0.3, -0.25) is 9.48 Å². The maximum Gasteiger partial charge on any atom is 0.326 e. The molecule has 1 unspecified atom stereocenters. The summed E-state index contributed by atoms with van der Waals surface area (Å²) in [5.74, 6) is -1.18. The lowest BCUT2D eigenvalue weighted by Gasteiger charge is -2.33. The molecule has 7 nitrogen and oxygen atoms in total. The molecule has 0 saturated heterocycles. The van der Waals surface area contributed by atoms with Crippen LogP contribution >= 0.6 is 0 Å². The van der Waals surface area contributed by atoms with Crippen LogP contribution in [0.1, 0.15) is 22.9 Å². The van der Waals surface area contributed by atoms with Gasteiger partial charge in [-0.05, 0) is 24.5 Å². The fraction of sp³-hybridized carbons (Fsp3) is 0.333. The molecule has 0 aliphatic carbocycles. The van der Waals surface area contributed by atoms with Crippen LogP contribution in [0.3, 0.4) is 0 Å². The van der Waals surface area contributed by atoms with Gasteiger partial charge in [-0.2, -0.15) is 9.40 Å². The number of nitrogens with zero attached hydrogens (tertiary/aromatic N) is 3. The van der Waals surface area contributed by atoms with Gasteiger partial charge in [0.05, 0.1) is 11.9 Å². The second-order valence-electron chi connectivity index (χ2n) is 5.52. The Morgan fingerprint density at radius 3 is 2.65 bits per heavy atom. The summed E-state index contributed by atoms with van der Waals surface area (Å²) in [5, 5.41) is 13.6. The quantitative estimate of drug-likeness (QED) is 0.907. The lowest BCUT2D eigenvalue weighted by Crippen LogP contribution is -2.43. The molecule has 0 bridgehead atoms. The Balaban J connectivity index is 2.12. The van der Waals surface area contributed by atoms with Crippen molar-refractivity contribution in [3.63, 3.8) is 0 Å². The highest BCUT2D eigenvalue weighted by Gasteiger charge is 2.41. The molecule has 0 amide bonds. The summed E-state index contributed by atoms with van der Waals surface area (Å²) >= 11 is 0. The van der Waals surface area contributed by atoms with Crippen molar-refractivity contribution in [1.82, 2.24) is 14.1 Å². The van der Waals surface area contributed by atoms with Gasteiger partial charge in [0.1, 0.15) is 10.9 Å². The zero-order valence-electron chi connectivity index (χ0n) is 12.8. The van der Waals surface area contributed by atoms with Crippen LogP contribution in [0.4, 0.5) is 0 Å². The van der Waals surface area contributed by atoms with Crippen molar-refractivity contribution in [2.45, 2.75) is 24.3 Å². The fourth-order valence-electron chi connectivity index (χ4n) is 2.92. The van der Waals surface area contributed by atoms with Gasteiger partial charge in [-0.15, -0.1) is 0 Å². The minimum Gasteiger partial charge on any atom is -0.480 e. The summed E-state index contributed by atoms with van der Waals surface area (Å²) in [4.78, 5) is 11.8. The highest BCUT2D eigenvalue weighted by molar-refractivity contribution is 7.89. The van der Waals surface area contributed by atoms with E-state index in [1.165, 1.54) is 10.9 Å². The smallest absolute Gasteiger partial charge is 0.326 e. The second kappa shape index (κ2) is 5.47. The van der Waals surface area contributed by atoms with E-state index in [2.05, 4.69) is 5.10 Å². The van der Waals surface area contributed by atoms with E-state index in [-0.39, 0.29) is 11.4 Å². The third-order valence-electron chi connectivity index (χ3n) is 4.25. The summed E-state index contributed by atoms with van der Waals surface area (Å²) in [7, 11) is -2.29. The molecule has 1 aliphatic heterocycles. The Hall–Kier alpha value is -2.19. The van der Waals surface area contributed by atoms with E-state index >= 15 is 0 Å². The van der Waals surface area contributed by atoms with E-state index in [9.17, 15) is 18.3 Å². The first-order valence-electron chi connectivity index (χ1n) is 7.15. The van der Waals surface area contributed by atoms with Crippen molar-refractivity contribution in [3.05, 3.63) is 47.3 Å². The molecular weight excluding hydrogens is 318 g/mol. The first-order valence-corrected chi connectivity index (χ1v) is 8.59.